The van der Waals surface area contributed by atoms with Gasteiger partial charge in [-0.3, -0.25) is 4.79 Å². The van der Waals surface area contributed by atoms with Gasteiger partial charge < -0.3 is 14.4 Å². The Labute approximate surface area is 191 Å². The van der Waals surface area contributed by atoms with Crippen molar-refractivity contribution in [3.05, 3.63) is 23.8 Å². The summed E-state index contributed by atoms with van der Waals surface area (Å²) in [4.78, 5) is 27.4. The van der Waals surface area contributed by atoms with E-state index in [1.165, 1.54) is 36.5 Å². The molecule has 2 rings (SSSR count). The summed E-state index contributed by atoms with van der Waals surface area (Å²) in [6.07, 6.45) is 2.60. The van der Waals surface area contributed by atoms with Gasteiger partial charge in [-0.2, -0.15) is 4.31 Å². The van der Waals surface area contributed by atoms with E-state index in [1.54, 1.807) is 4.90 Å². The molecule has 0 saturated carbocycles. The van der Waals surface area contributed by atoms with Gasteiger partial charge in [0, 0.05) is 25.2 Å². The Hall–Kier alpha value is -2.13. The Morgan fingerprint density at radius 2 is 1.53 bits per heavy atom. The summed E-state index contributed by atoms with van der Waals surface area (Å²) >= 11 is 0. The summed E-state index contributed by atoms with van der Waals surface area (Å²) in [5, 5.41) is 0. The Balaban J connectivity index is 2.30. The normalized spacial score (nSPS) is 16.5. The molecule has 1 fully saturated rings. The first-order valence-electron chi connectivity index (χ1n) is 11.2. The van der Waals surface area contributed by atoms with Crippen LogP contribution in [0.2, 0.25) is 0 Å². The van der Waals surface area contributed by atoms with Crippen LogP contribution in [0.1, 0.15) is 70.7 Å². The van der Waals surface area contributed by atoms with Gasteiger partial charge >= 0.3 is 5.97 Å². The highest BCUT2D eigenvalue weighted by molar-refractivity contribution is 7.89. The third kappa shape index (κ3) is 6.01. The summed E-state index contributed by atoms with van der Waals surface area (Å²) in [7, 11) is -2.36. The van der Waals surface area contributed by atoms with Crippen LogP contribution in [-0.4, -0.2) is 67.9 Å². The minimum Gasteiger partial charge on any atom is -0.496 e. The van der Waals surface area contributed by atoms with E-state index >= 15 is 0 Å². The van der Waals surface area contributed by atoms with Crippen LogP contribution in [0.5, 0.6) is 5.75 Å². The van der Waals surface area contributed by atoms with E-state index in [4.69, 9.17) is 9.47 Å². The molecule has 180 valence electrons. The summed E-state index contributed by atoms with van der Waals surface area (Å²) < 4.78 is 38.5. The average Bonchev–Trinajstić information content (AvgIpc) is 3.02. The molecule has 32 heavy (non-hydrogen) atoms. The smallest absolute Gasteiger partial charge is 0.342 e. The standard InChI is InChI=1S/C23H36N2O6S/c1-16(2)25(17(3)4)22(26)18(5)31-23(27)20-15-19(11-12-21(20)30-6)32(28,29)24-13-9-7-8-10-14-24/h11-12,15-18H,7-10,13-14H2,1-6H3. The van der Waals surface area contributed by atoms with E-state index in [0.29, 0.717) is 13.1 Å². The fraction of sp³-hybridized carbons (Fsp3) is 0.652. The van der Waals surface area contributed by atoms with Crippen molar-refractivity contribution in [2.45, 2.75) is 83.4 Å². The van der Waals surface area contributed by atoms with Gasteiger partial charge in [-0.1, -0.05) is 12.8 Å². The van der Waals surface area contributed by atoms with E-state index in [2.05, 4.69) is 0 Å². The van der Waals surface area contributed by atoms with Gasteiger partial charge in [-0.25, -0.2) is 13.2 Å². The van der Waals surface area contributed by atoms with Crippen molar-refractivity contribution in [2.24, 2.45) is 0 Å². The zero-order valence-electron chi connectivity index (χ0n) is 20.0. The lowest BCUT2D eigenvalue weighted by molar-refractivity contribution is -0.143. The van der Waals surface area contributed by atoms with Crippen molar-refractivity contribution in [2.75, 3.05) is 20.2 Å². The van der Waals surface area contributed by atoms with E-state index in [0.717, 1.165) is 25.7 Å². The van der Waals surface area contributed by atoms with Gasteiger partial charge in [0.1, 0.15) is 11.3 Å². The van der Waals surface area contributed by atoms with Crippen molar-refractivity contribution in [3.63, 3.8) is 0 Å². The fourth-order valence-electron chi connectivity index (χ4n) is 4.03. The predicted octanol–water partition coefficient (Wildman–Crippen LogP) is 3.45. The highest BCUT2D eigenvalue weighted by Gasteiger charge is 2.31. The quantitative estimate of drug-likeness (QED) is 0.543. The Morgan fingerprint density at radius 3 is 2.03 bits per heavy atom. The van der Waals surface area contributed by atoms with Gasteiger partial charge in [-0.15, -0.1) is 0 Å². The van der Waals surface area contributed by atoms with Gasteiger partial charge in [0.25, 0.3) is 5.91 Å². The van der Waals surface area contributed by atoms with Crippen LogP contribution in [0, 0.1) is 0 Å². The molecule has 1 aromatic carbocycles. The molecule has 1 aromatic rings. The monoisotopic (exact) mass is 468 g/mol. The molecule has 9 heteroatoms. The van der Waals surface area contributed by atoms with E-state index in [1.807, 2.05) is 27.7 Å². The molecule has 1 amide bonds. The number of benzene rings is 1. The third-order valence-corrected chi connectivity index (χ3v) is 7.49. The first-order chi connectivity index (χ1) is 15.0. The molecule has 1 aliphatic rings. The lowest BCUT2D eigenvalue weighted by atomic mass is 10.2. The molecule has 1 unspecified atom stereocenters. The van der Waals surface area contributed by atoms with Gasteiger partial charge in [0.05, 0.1) is 12.0 Å². The first kappa shape index (κ1) is 26.1. The maximum Gasteiger partial charge on any atom is 0.342 e. The van der Waals surface area contributed by atoms with Crippen LogP contribution in [0.25, 0.3) is 0 Å². The van der Waals surface area contributed by atoms with Crippen molar-refractivity contribution in [1.29, 1.82) is 0 Å². The lowest BCUT2D eigenvalue weighted by Gasteiger charge is -2.32. The average molecular weight is 469 g/mol. The van der Waals surface area contributed by atoms with Gasteiger partial charge in [-0.05, 0) is 65.7 Å². The second-order valence-corrected chi connectivity index (χ2v) is 10.6. The minimum atomic E-state index is -3.75. The number of carbonyl (C=O) groups excluding carboxylic acids is 2. The number of amides is 1. The summed E-state index contributed by atoms with van der Waals surface area (Å²) in [6, 6.07) is 4.05. The highest BCUT2D eigenvalue weighted by Crippen LogP contribution is 2.27. The van der Waals surface area contributed by atoms with Gasteiger partial charge in [0.2, 0.25) is 10.0 Å². The number of ether oxygens (including phenoxy) is 2. The molecule has 1 saturated heterocycles. The summed E-state index contributed by atoms with van der Waals surface area (Å²) in [5.74, 6) is -0.923. The number of methoxy groups -OCH3 is 1. The Morgan fingerprint density at radius 1 is 0.969 bits per heavy atom. The number of sulfonamides is 1. The number of nitrogens with zero attached hydrogens (tertiary/aromatic N) is 2. The molecule has 0 spiro atoms. The fourth-order valence-corrected chi connectivity index (χ4v) is 5.57. The van der Waals surface area contributed by atoms with Crippen molar-refractivity contribution >= 4 is 21.9 Å². The molecule has 0 N–H and O–H groups in total. The number of rotatable bonds is 8. The third-order valence-electron chi connectivity index (χ3n) is 5.59. The highest BCUT2D eigenvalue weighted by atomic mass is 32.2. The second-order valence-electron chi connectivity index (χ2n) is 8.66. The molecule has 0 aromatic heterocycles. The van der Waals surface area contributed by atoms with E-state index in [9.17, 15) is 18.0 Å². The van der Waals surface area contributed by atoms with Gasteiger partial charge in [0.15, 0.2) is 6.10 Å². The molecule has 0 radical (unpaired) electrons. The summed E-state index contributed by atoms with van der Waals surface area (Å²) in [5.41, 5.74) is -0.0244. The molecule has 0 aliphatic carbocycles. The number of hydrogen-bond acceptors (Lipinski definition) is 6. The minimum absolute atomic E-state index is 0.0112. The van der Waals surface area contributed by atoms with Crippen LogP contribution in [-0.2, 0) is 19.6 Å². The largest absolute Gasteiger partial charge is 0.496 e. The number of carbonyl (C=O) groups is 2. The van der Waals surface area contributed by atoms with E-state index < -0.39 is 22.1 Å². The predicted molar refractivity (Wildman–Crippen MR) is 122 cm³/mol. The molecular weight excluding hydrogens is 432 g/mol. The second kappa shape index (κ2) is 11.1. The SMILES string of the molecule is COc1ccc(S(=O)(=O)N2CCCCCC2)cc1C(=O)OC(C)C(=O)N(C(C)C)C(C)C. The Kier molecular flexibility index (Phi) is 9.09. The van der Waals surface area contributed by atoms with Crippen molar-refractivity contribution < 1.29 is 27.5 Å². The topological polar surface area (TPSA) is 93.2 Å². The van der Waals surface area contributed by atoms with Crippen LogP contribution in [0.15, 0.2) is 23.1 Å². The lowest BCUT2D eigenvalue weighted by Crippen LogP contribution is -2.47. The molecule has 0 bridgehead atoms. The maximum absolute atomic E-state index is 13.2. The maximum atomic E-state index is 13.2. The zero-order chi connectivity index (χ0) is 24.1. The van der Waals surface area contributed by atoms with Crippen molar-refractivity contribution in [3.8, 4) is 5.75 Å². The Bertz CT molecular complexity index is 897. The van der Waals surface area contributed by atoms with Crippen LogP contribution < -0.4 is 4.74 Å². The molecule has 8 nitrogen and oxygen atoms in total. The van der Waals surface area contributed by atoms with Crippen LogP contribution >= 0.6 is 0 Å². The van der Waals surface area contributed by atoms with Crippen LogP contribution in [0.3, 0.4) is 0 Å². The summed E-state index contributed by atoms with van der Waals surface area (Å²) in [6.45, 7) is 10.0. The molecule has 1 heterocycles. The number of esters is 1. The van der Waals surface area contributed by atoms with Crippen molar-refractivity contribution in [1.82, 2.24) is 9.21 Å². The number of hydrogen-bond donors (Lipinski definition) is 0. The molecular formula is C23H36N2O6S. The van der Waals surface area contributed by atoms with Crippen LogP contribution in [0.4, 0.5) is 0 Å². The molecule has 1 atom stereocenters. The first-order valence-corrected chi connectivity index (χ1v) is 12.7. The van der Waals surface area contributed by atoms with E-state index in [-0.39, 0.29) is 34.2 Å². The molecule has 1 aliphatic heterocycles. The zero-order valence-corrected chi connectivity index (χ0v) is 20.8.